The van der Waals surface area contributed by atoms with Gasteiger partial charge in [-0.05, 0) is 32.1 Å². The van der Waals surface area contributed by atoms with Gasteiger partial charge in [0.15, 0.2) is 0 Å². The van der Waals surface area contributed by atoms with E-state index >= 15 is 0 Å². The average Bonchev–Trinajstić information content (AvgIpc) is 2.41. The number of carbonyl (C=O) groups is 2. The quantitative estimate of drug-likeness (QED) is 0.164. The van der Waals surface area contributed by atoms with Crippen LogP contribution in [0.5, 0.6) is 0 Å². The van der Waals surface area contributed by atoms with Crippen molar-refractivity contribution < 1.29 is 19.1 Å². The molecule has 0 aliphatic heterocycles. The van der Waals surface area contributed by atoms with Crippen molar-refractivity contribution in [2.24, 2.45) is 0 Å². The molecule has 21 heavy (non-hydrogen) atoms. The van der Waals surface area contributed by atoms with Crippen molar-refractivity contribution in [2.45, 2.75) is 66.6 Å². The highest BCUT2D eigenvalue weighted by Crippen LogP contribution is 2.09. The third kappa shape index (κ3) is 16.6. The summed E-state index contributed by atoms with van der Waals surface area (Å²) >= 11 is 4.60. The van der Waals surface area contributed by atoms with Gasteiger partial charge in [0.05, 0.1) is 13.2 Å². The Morgan fingerprint density at radius 3 is 1.52 bits per heavy atom. The van der Waals surface area contributed by atoms with Crippen molar-refractivity contribution in [2.75, 3.05) is 13.2 Å². The lowest BCUT2D eigenvalue weighted by Crippen LogP contribution is -2.09. The van der Waals surface area contributed by atoms with Crippen LogP contribution in [0.25, 0.3) is 0 Å². The molecule has 124 valence electrons. The van der Waals surface area contributed by atoms with Crippen LogP contribution in [0.15, 0.2) is 0 Å². The summed E-state index contributed by atoms with van der Waals surface area (Å²) in [6, 6.07) is 0. The molecule has 0 aromatic rings. The minimum atomic E-state index is -0.113. The van der Waals surface area contributed by atoms with Crippen molar-refractivity contribution in [3.8, 4) is 0 Å². The first kappa shape index (κ1) is 21.4. The lowest BCUT2D eigenvalue weighted by molar-refractivity contribution is -0.144. The molecule has 0 aliphatic carbocycles. The molecule has 0 saturated carbocycles. The second-order valence-electron chi connectivity index (χ2n) is 5.14. The van der Waals surface area contributed by atoms with Crippen LogP contribution in [0.1, 0.15) is 58.8 Å². The molecule has 0 heterocycles. The second-order valence-corrected chi connectivity index (χ2v) is 9.39. The highest BCUT2D eigenvalue weighted by Gasteiger charge is 2.06. The predicted molar refractivity (Wildman–Crippen MR) is 101 cm³/mol. The van der Waals surface area contributed by atoms with Crippen molar-refractivity contribution in [1.82, 2.24) is 0 Å². The molecule has 0 bridgehead atoms. The van der Waals surface area contributed by atoms with Crippen molar-refractivity contribution >= 4 is 57.1 Å². The van der Waals surface area contributed by atoms with Crippen LogP contribution < -0.4 is 0 Å². The summed E-state index contributed by atoms with van der Waals surface area (Å²) in [6.07, 6.45) is 5.29. The molecule has 0 aromatic heterocycles. The van der Waals surface area contributed by atoms with Gasteiger partial charge in [0.25, 0.3) is 0 Å². The smallest absolute Gasteiger partial charge is 0.305 e. The molecule has 0 radical (unpaired) electrons. The van der Waals surface area contributed by atoms with Gasteiger partial charge in [-0.15, -0.1) is 0 Å². The Labute approximate surface area is 155 Å². The second kappa shape index (κ2) is 14.0. The minimum absolute atomic E-state index is 0.113. The topological polar surface area (TPSA) is 52.6 Å². The van der Waals surface area contributed by atoms with Gasteiger partial charge in [-0.3, -0.25) is 9.59 Å². The summed E-state index contributed by atoms with van der Waals surface area (Å²) in [5.41, 5.74) is 0. The number of esters is 2. The number of halogens is 2. The minimum Gasteiger partial charge on any atom is -0.466 e. The van der Waals surface area contributed by atoms with Crippen LogP contribution in [-0.4, -0.2) is 33.0 Å². The fourth-order valence-corrected chi connectivity index (χ4v) is 2.15. The molecule has 0 spiro atoms. The van der Waals surface area contributed by atoms with Gasteiger partial charge in [0.1, 0.15) is 0 Å². The Morgan fingerprint density at radius 1 is 0.810 bits per heavy atom. The van der Waals surface area contributed by atoms with Gasteiger partial charge >= 0.3 is 11.9 Å². The Kier molecular flexibility index (Phi) is 14.3. The van der Waals surface area contributed by atoms with Crippen LogP contribution in [-0.2, 0) is 19.1 Å². The van der Waals surface area contributed by atoms with Gasteiger partial charge < -0.3 is 9.47 Å². The molecule has 2 atom stereocenters. The zero-order valence-corrected chi connectivity index (χ0v) is 17.2. The number of carbonyl (C=O) groups excluding carboxylic acids is 2. The maximum Gasteiger partial charge on any atom is 0.305 e. The van der Waals surface area contributed by atoms with E-state index in [0.717, 1.165) is 32.1 Å². The van der Waals surface area contributed by atoms with Crippen LogP contribution in [0.4, 0.5) is 0 Å². The zero-order chi connectivity index (χ0) is 16.1. The first-order valence-corrected chi connectivity index (χ1v) is 10.00. The van der Waals surface area contributed by atoms with Crippen molar-refractivity contribution in [1.29, 1.82) is 0 Å². The Morgan fingerprint density at radius 2 is 1.19 bits per heavy atom. The predicted octanol–water partition coefficient (Wildman–Crippen LogP) is 4.45. The van der Waals surface area contributed by atoms with Gasteiger partial charge in [0.2, 0.25) is 0 Å². The Balaban J connectivity index is 3.32. The number of hydrogen-bond donors (Lipinski definition) is 0. The van der Waals surface area contributed by atoms with Crippen LogP contribution in [0, 0.1) is 0 Å². The van der Waals surface area contributed by atoms with E-state index in [1.165, 1.54) is 0 Å². The molecule has 0 fully saturated rings. The molecule has 4 nitrogen and oxygen atoms in total. The van der Waals surface area contributed by atoms with Gasteiger partial charge in [-0.2, -0.15) is 0 Å². The third-order valence-corrected chi connectivity index (χ3v) is 4.05. The third-order valence-electron chi connectivity index (χ3n) is 2.81. The van der Waals surface area contributed by atoms with Crippen LogP contribution in [0.2, 0.25) is 0 Å². The summed E-state index contributed by atoms with van der Waals surface area (Å²) in [6.45, 7) is 5.09. The molecular formula is C15H26I2O4. The van der Waals surface area contributed by atoms with Crippen molar-refractivity contribution in [3.63, 3.8) is 0 Å². The summed E-state index contributed by atoms with van der Waals surface area (Å²) in [5.74, 6) is -0.226. The highest BCUT2D eigenvalue weighted by atomic mass is 127. The molecule has 2 unspecified atom stereocenters. The number of alkyl halides is 2. The summed E-state index contributed by atoms with van der Waals surface area (Å²) in [4.78, 5) is 22.7. The van der Waals surface area contributed by atoms with E-state index in [4.69, 9.17) is 9.47 Å². The monoisotopic (exact) mass is 524 g/mol. The maximum absolute atomic E-state index is 11.4. The van der Waals surface area contributed by atoms with E-state index in [9.17, 15) is 9.59 Å². The maximum atomic E-state index is 11.4. The van der Waals surface area contributed by atoms with E-state index in [1.54, 1.807) is 0 Å². The van der Waals surface area contributed by atoms with E-state index in [-0.39, 0.29) is 11.9 Å². The number of ether oxygens (including phenoxy) is 2. The van der Waals surface area contributed by atoms with Crippen LogP contribution >= 0.6 is 45.2 Å². The fraction of sp³-hybridized carbons (Fsp3) is 0.867. The van der Waals surface area contributed by atoms with Gasteiger partial charge in [-0.25, -0.2) is 0 Å². The van der Waals surface area contributed by atoms with Crippen LogP contribution in [0.3, 0.4) is 0 Å². The number of rotatable bonds is 12. The first-order valence-electron chi connectivity index (χ1n) is 7.51. The molecule has 0 rings (SSSR count). The average molecular weight is 524 g/mol. The first-order chi connectivity index (χ1) is 9.91. The summed E-state index contributed by atoms with van der Waals surface area (Å²) in [7, 11) is 0. The Bertz CT molecular complexity index is 265. The largest absolute Gasteiger partial charge is 0.466 e. The molecule has 0 N–H and O–H groups in total. The van der Waals surface area contributed by atoms with Crippen molar-refractivity contribution in [3.05, 3.63) is 0 Å². The Hall–Kier alpha value is 0.400. The summed E-state index contributed by atoms with van der Waals surface area (Å²) < 4.78 is 11.3. The lowest BCUT2D eigenvalue weighted by Gasteiger charge is -2.07. The lowest BCUT2D eigenvalue weighted by atomic mass is 10.2. The molecule has 0 saturated heterocycles. The zero-order valence-electron chi connectivity index (χ0n) is 12.9. The van der Waals surface area contributed by atoms with E-state index < -0.39 is 0 Å². The molecule has 0 aliphatic rings. The normalized spacial score (nSPS) is 13.5. The molecule has 0 aromatic carbocycles. The van der Waals surface area contributed by atoms with Gasteiger partial charge in [-0.1, -0.05) is 59.0 Å². The SMILES string of the molecule is CC(I)CCC(=O)OCCCCCOC(=O)CCC(C)I. The van der Waals surface area contributed by atoms with E-state index in [1.807, 2.05) is 0 Å². The van der Waals surface area contributed by atoms with Gasteiger partial charge in [0, 0.05) is 20.7 Å². The summed E-state index contributed by atoms with van der Waals surface area (Å²) in [5, 5.41) is 0. The fourth-order valence-electron chi connectivity index (χ4n) is 1.53. The molecule has 0 amide bonds. The molecule has 6 heteroatoms. The number of unbranched alkanes of at least 4 members (excludes halogenated alkanes) is 2. The molecular weight excluding hydrogens is 498 g/mol. The number of hydrogen-bond acceptors (Lipinski definition) is 4. The van der Waals surface area contributed by atoms with E-state index in [0.29, 0.717) is 33.9 Å². The highest BCUT2D eigenvalue weighted by molar-refractivity contribution is 14.1. The van der Waals surface area contributed by atoms with E-state index in [2.05, 4.69) is 59.0 Å². The standard InChI is InChI=1S/C15H26I2O4/c1-12(16)6-8-14(18)20-10-4-3-5-11-21-15(19)9-7-13(2)17/h12-13H,3-11H2,1-2H3.